The van der Waals surface area contributed by atoms with E-state index >= 15 is 0 Å². The van der Waals surface area contributed by atoms with Crippen molar-refractivity contribution in [2.45, 2.75) is 24.8 Å². The number of pyridine rings is 1. The van der Waals surface area contributed by atoms with Crippen LogP contribution in [-0.2, 0) is 10.0 Å². The average Bonchev–Trinajstić information content (AvgIpc) is 3.07. The van der Waals surface area contributed by atoms with Crippen molar-refractivity contribution >= 4 is 36.9 Å². The highest BCUT2D eigenvalue weighted by Gasteiger charge is 2.27. The van der Waals surface area contributed by atoms with E-state index in [1.807, 2.05) is 26.0 Å². The molecule has 0 aliphatic heterocycles. The predicted octanol–water partition coefficient (Wildman–Crippen LogP) is 4.73. The Kier molecular flexibility index (Phi) is 5.06. The van der Waals surface area contributed by atoms with Crippen LogP contribution in [0.4, 0.5) is 0 Å². The summed E-state index contributed by atoms with van der Waals surface area (Å²) in [7, 11) is -3.93. The van der Waals surface area contributed by atoms with E-state index in [0.717, 1.165) is 15.6 Å². The Bertz CT molecular complexity index is 1290. The Hall–Kier alpha value is -2.48. The Balaban J connectivity index is 1.97. The third-order valence-electron chi connectivity index (χ3n) is 4.80. The lowest BCUT2D eigenvalue weighted by atomic mass is 10.1. The number of aryl methyl sites for hydroxylation is 2. The Morgan fingerprint density at radius 3 is 2.31 bits per heavy atom. The van der Waals surface area contributed by atoms with Gasteiger partial charge in [-0.05, 0) is 61.9 Å². The van der Waals surface area contributed by atoms with E-state index < -0.39 is 16.1 Å². The van der Waals surface area contributed by atoms with Gasteiger partial charge in [0.2, 0.25) is 0 Å². The molecule has 1 atom stereocenters. The largest absolute Gasteiger partial charge is 0.380 e. The van der Waals surface area contributed by atoms with Gasteiger partial charge in [-0.15, -0.1) is 0 Å². The Labute approximate surface area is 177 Å². The van der Waals surface area contributed by atoms with Crippen LogP contribution in [0.2, 0.25) is 0 Å². The van der Waals surface area contributed by atoms with Gasteiger partial charge in [0, 0.05) is 16.1 Å². The van der Waals surface area contributed by atoms with E-state index in [0.29, 0.717) is 16.6 Å². The molecule has 0 fully saturated rings. The second-order valence-electron chi connectivity index (χ2n) is 7.02. The van der Waals surface area contributed by atoms with Gasteiger partial charge in [0.25, 0.3) is 10.0 Å². The molecule has 29 heavy (non-hydrogen) atoms. The van der Waals surface area contributed by atoms with Crippen LogP contribution in [0.25, 0.3) is 10.9 Å². The summed E-state index contributed by atoms with van der Waals surface area (Å²) >= 11 is 3.43. The Morgan fingerprint density at radius 1 is 0.966 bits per heavy atom. The number of aromatic nitrogens is 2. The minimum absolute atomic E-state index is 0.161. The quantitative estimate of drug-likeness (QED) is 0.467. The fourth-order valence-corrected chi connectivity index (χ4v) is 5.17. The summed E-state index contributed by atoms with van der Waals surface area (Å²) in [4.78, 5) is 4.44. The smallest absolute Gasteiger partial charge is 0.268 e. The van der Waals surface area contributed by atoms with Gasteiger partial charge in [0.1, 0.15) is 6.10 Å². The van der Waals surface area contributed by atoms with E-state index in [1.165, 1.54) is 3.97 Å². The van der Waals surface area contributed by atoms with Crippen LogP contribution in [0.1, 0.15) is 28.6 Å². The second-order valence-corrected chi connectivity index (χ2v) is 9.72. The minimum Gasteiger partial charge on any atom is -0.380 e. The van der Waals surface area contributed by atoms with Crippen LogP contribution in [0.15, 0.2) is 76.2 Å². The molecule has 0 radical (unpaired) electrons. The number of rotatable bonds is 4. The monoisotopic (exact) mass is 470 g/mol. The zero-order valence-electron chi connectivity index (χ0n) is 15.9. The third-order valence-corrected chi connectivity index (χ3v) is 7.05. The Morgan fingerprint density at radius 2 is 1.66 bits per heavy atom. The number of aliphatic hydroxyl groups excluding tert-OH is 1. The number of benzene rings is 2. The van der Waals surface area contributed by atoms with Gasteiger partial charge < -0.3 is 5.11 Å². The molecule has 0 amide bonds. The molecular formula is C22H19BrN2O3S. The minimum atomic E-state index is -3.93. The number of fused-ring (bicyclic) bond motifs is 1. The van der Waals surface area contributed by atoms with Crippen molar-refractivity contribution in [3.05, 3.63) is 93.8 Å². The van der Waals surface area contributed by atoms with Crippen molar-refractivity contribution in [1.29, 1.82) is 0 Å². The van der Waals surface area contributed by atoms with Crippen LogP contribution in [-0.4, -0.2) is 22.5 Å². The highest BCUT2D eigenvalue weighted by Crippen LogP contribution is 2.33. The maximum Gasteiger partial charge on any atom is 0.268 e. The maximum absolute atomic E-state index is 13.5. The molecule has 7 heteroatoms. The number of hydrogen-bond donors (Lipinski definition) is 1. The molecule has 1 unspecified atom stereocenters. The summed E-state index contributed by atoms with van der Waals surface area (Å²) in [5.74, 6) is 0. The number of nitrogens with zero attached hydrogens (tertiary/aromatic N) is 2. The first-order chi connectivity index (χ1) is 13.8. The first-order valence-electron chi connectivity index (χ1n) is 9.01. The van der Waals surface area contributed by atoms with E-state index in [4.69, 9.17) is 0 Å². The van der Waals surface area contributed by atoms with Gasteiger partial charge >= 0.3 is 0 Å². The molecule has 0 aliphatic rings. The van der Waals surface area contributed by atoms with Crippen LogP contribution < -0.4 is 0 Å². The van der Waals surface area contributed by atoms with Crippen molar-refractivity contribution in [2.75, 3.05) is 0 Å². The molecular weight excluding hydrogens is 452 g/mol. The molecule has 4 aromatic rings. The van der Waals surface area contributed by atoms with Gasteiger partial charge in [-0.25, -0.2) is 12.4 Å². The van der Waals surface area contributed by atoms with Crippen molar-refractivity contribution in [3.63, 3.8) is 0 Å². The van der Waals surface area contributed by atoms with Crippen LogP contribution in [0.5, 0.6) is 0 Å². The summed E-state index contributed by atoms with van der Waals surface area (Å²) in [5, 5.41) is 11.7. The van der Waals surface area contributed by atoms with E-state index in [-0.39, 0.29) is 10.6 Å². The fraction of sp³-hybridized carbons (Fsp3) is 0.136. The first-order valence-corrected chi connectivity index (χ1v) is 11.2. The van der Waals surface area contributed by atoms with Gasteiger partial charge in [-0.3, -0.25) is 4.98 Å². The van der Waals surface area contributed by atoms with Crippen LogP contribution in [0, 0.1) is 13.8 Å². The average molecular weight is 471 g/mol. The normalized spacial score (nSPS) is 13.0. The lowest BCUT2D eigenvalue weighted by Gasteiger charge is -2.16. The zero-order chi connectivity index (χ0) is 20.8. The number of halogens is 1. The molecule has 1 N–H and O–H groups in total. The first kappa shape index (κ1) is 19.8. The molecule has 4 rings (SSSR count). The summed E-state index contributed by atoms with van der Waals surface area (Å²) < 4.78 is 29.1. The fourth-order valence-electron chi connectivity index (χ4n) is 3.25. The zero-order valence-corrected chi connectivity index (χ0v) is 18.3. The highest BCUT2D eigenvalue weighted by molar-refractivity contribution is 9.10. The van der Waals surface area contributed by atoms with Crippen molar-refractivity contribution in [3.8, 4) is 0 Å². The molecule has 0 saturated heterocycles. The molecule has 0 bridgehead atoms. The SMILES string of the molecule is Cc1ccc(S(=O)(=O)n2c(C(O)c3ccc(C)cn3)cc3cc(Br)ccc32)cc1. The molecule has 0 spiro atoms. The van der Waals surface area contributed by atoms with Gasteiger partial charge in [-0.1, -0.05) is 39.7 Å². The molecule has 2 heterocycles. The summed E-state index contributed by atoms with van der Waals surface area (Å²) in [6.45, 7) is 3.80. The highest BCUT2D eigenvalue weighted by atomic mass is 79.9. The summed E-state index contributed by atoms with van der Waals surface area (Å²) in [6.07, 6.45) is 0.457. The van der Waals surface area contributed by atoms with Crippen molar-refractivity contribution < 1.29 is 13.5 Å². The molecule has 5 nitrogen and oxygen atoms in total. The van der Waals surface area contributed by atoms with E-state index in [1.54, 1.807) is 54.7 Å². The molecule has 0 aliphatic carbocycles. The predicted molar refractivity (Wildman–Crippen MR) is 116 cm³/mol. The molecule has 2 aromatic heterocycles. The second kappa shape index (κ2) is 7.40. The van der Waals surface area contributed by atoms with Crippen LogP contribution in [0.3, 0.4) is 0 Å². The standard InChI is InChI=1S/C22H19BrN2O3S/c1-14-3-7-18(8-4-14)29(27,28)25-20-10-6-17(23)11-16(20)12-21(25)22(26)19-9-5-15(2)13-24-19/h3-13,22,26H,1-2H3. The van der Waals surface area contributed by atoms with Crippen molar-refractivity contribution in [2.24, 2.45) is 0 Å². The summed E-state index contributed by atoms with van der Waals surface area (Å²) in [6, 6.07) is 17.2. The maximum atomic E-state index is 13.5. The molecule has 2 aromatic carbocycles. The topological polar surface area (TPSA) is 72.2 Å². The number of aliphatic hydroxyl groups is 1. The van der Waals surface area contributed by atoms with Crippen LogP contribution >= 0.6 is 15.9 Å². The van der Waals surface area contributed by atoms with Gasteiger partial charge in [0.15, 0.2) is 0 Å². The van der Waals surface area contributed by atoms with Gasteiger partial charge in [-0.2, -0.15) is 0 Å². The number of hydrogen-bond acceptors (Lipinski definition) is 4. The van der Waals surface area contributed by atoms with Gasteiger partial charge in [0.05, 0.1) is 21.8 Å². The third kappa shape index (κ3) is 3.61. The lowest BCUT2D eigenvalue weighted by molar-refractivity contribution is 0.209. The molecule has 148 valence electrons. The summed E-state index contributed by atoms with van der Waals surface area (Å²) in [5.41, 5.74) is 3.05. The lowest BCUT2D eigenvalue weighted by Crippen LogP contribution is -2.18. The molecule has 0 saturated carbocycles. The van der Waals surface area contributed by atoms with E-state index in [9.17, 15) is 13.5 Å². The van der Waals surface area contributed by atoms with Crippen molar-refractivity contribution in [1.82, 2.24) is 8.96 Å². The van der Waals surface area contributed by atoms with E-state index in [2.05, 4.69) is 20.9 Å².